The molecule has 0 aliphatic carbocycles. The van der Waals surface area contributed by atoms with Crippen LogP contribution in [0.25, 0.3) is 89.9 Å². The van der Waals surface area contributed by atoms with E-state index < -0.39 is 0 Å². The van der Waals surface area contributed by atoms with Crippen LogP contribution in [0.4, 0.5) is 56.9 Å². The highest BCUT2D eigenvalue weighted by molar-refractivity contribution is 6.08. The van der Waals surface area contributed by atoms with Crippen molar-refractivity contribution in [2.24, 2.45) is 0 Å². The van der Waals surface area contributed by atoms with E-state index >= 15 is 0 Å². The van der Waals surface area contributed by atoms with Crippen LogP contribution in [0.1, 0.15) is 0 Å². The summed E-state index contributed by atoms with van der Waals surface area (Å²) in [4.78, 5) is 25.0. The molecule has 3 aromatic heterocycles. The first-order valence-electron chi connectivity index (χ1n) is 25.0. The Kier molecular flexibility index (Phi) is 9.46. The van der Waals surface area contributed by atoms with E-state index in [1.165, 1.54) is 0 Å². The molecule has 356 valence electrons. The maximum atomic E-state index is 6.95. The van der Waals surface area contributed by atoms with Crippen molar-refractivity contribution in [2.45, 2.75) is 0 Å². The van der Waals surface area contributed by atoms with E-state index in [-0.39, 0.29) is 0 Å². The quantitative estimate of drug-likeness (QED) is 0.154. The van der Waals surface area contributed by atoms with Crippen LogP contribution in [0.5, 0.6) is 0 Å². The van der Waals surface area contributed by atoms with Gasteiger partial charge in [-0.25, -0.2) is 15.0 Å². The van der Waals surface area contributed by atoms with Gasteiger partial charge in [0.1, 0.15) is 16.6 Å². The lowest BCUT2D eigenvalue weighted by molar-refractivity contribution is 0.610. The van der Waals surface area contributed by atoms with Crippen LogP contribution in [-0.4, -0.2) is 29.0 Å². The SMILES string of the molecule is CN1c2ccccc2N(c2cccc(-c3c(-c4nc5ccccc5o4)cc(-c4nc5ccccc5o4)c(-c4nc5ccccc5o4)c3-c3cccc(N4c5ccccc5N(C)c5ccccc54)c3)c2)c2ccccc21. The first-order chi connectivity index (χ1) is 37.0. The van der Waals surface area contributed by atoms with Crippen LogP contribution < -0.4 is 19.6 Å². The molecule has 0 saturated heterocycles. The molecule has 0 fully saturated rings. The minimum absolute atomic E-state index is 0.399. The molecule has 2 aliphatic rings. The molecule has 0 radical (unpaired) electrons. The number of rotatable bonds is 7. The van der Waals surface area contributed by atoms with Gasteiger partial charge in [-0.05, 0) is 126 Å². The molecule has 75 heavy (non-hydrogen) atoms. The van der Waals surface area contributed by atoms with Gasteiger partial charge >= 0.3 is 0 Å². The van der Waals surface area contributed by atoms with Crippen molar-refractivity contribution in [3.8, 4) is 56.6 Å². The summed E-state index contributed by atoms with van der Waals surface area (Å²) in [6.07, 6.45) is 0. The van der Waals surface area contributed by atoms with Crippen LogP contribution in [0, 0.1) is 0 Å². The predicted octanol–water partition coefficient (Wildman–Crippen LogP) is 17.5. The lowest BCUT2D eigenvalue weighted by Crippen LogP contribution is -2.24. The number of para-hydroxylation sites is 14. The standard InChI is InChI=1S/C65H43N7O3/c1-69-49-26-6-10-30-53(49)71(54-31-11-7-27-50(54)69)42-21-17-19-40(37-42)60-44(63-66-46-23-3-14-34-57(46)73-63)39-45(64-67-47-24-4-15-35-58(47)74-64)62(65-68-48-25-5-16-36-59(48)75-65)61(60)41-20-18-22-43(38-41)72-55-32-12-8-28-51(55)70(2)52-29-9-13-33-56(52)72/h3-39H,1-2H3. The van der Waals surface area contributed by atoms with Gasteiger partial charge in [-0.15, -0.1) is 0 Å². The maximum Gasteiger partial charge on any atom is 0.228 e. The highest BCUT2D eigenvalue weighted by atomic mass is 16.4. The Morgan fingerprint density at radius 1 is 0.293 bits per heavy atom. The second-order valence-electron chi connectivity index (χ2n) is 18.9. The molecule has 0 saturated carbocycles. The van der Waals surface area contributed by atoms with Crippen molar-refractivity contribution in [1.82, 2.24) is 15.0 Å². The highest BCUT2D eigenvalue weighted by Crippen LogP contribution is 2.56. The van der Waals surface area contributed by atoms with Crippen molar-refractivity contribution >= 4 is 90.2 Å². The summed E-state index contributed by atoms with van der Waals surface area (Å²) in [5.74, 6) is 1.25. The van der Waals surface area contributed by atoms with E-state index in [2.05, 4.69) is 185 Å². The molecular formula is C65H43N7O3. The molecule has 0 amide bonds. The molecule has 0 atom stereocenters. The maximum absolute atomic E-state index is 6.95. The van der Waals surface area contributed by atoms with Gasteiger partial charge in [0.2, 0.25) is 17.7 Å². The zero-order valence-corrected chi connectivity index (χ0v) is 40.7. The highest BCUT2D eigenvalue weighted by Gasteiger charge is 2.34. The van der Waals surface area contributed by atoms with Crippen LogP contribution in [0.2, 0.25) is 0 Å². The number of fused-ring (bicyclic) bond motifs is 7. The Morgan fingerprint density at radius 3 is 1.04 bits per heavy atom. The molecule has 2 aliphatic heterocycles. The van der Waals surface area contributed by atoms with Crippen molar-refractivity contribution in [2.75, 3.05) is 33.7 Å². The third kappa shape index (κ3) is 6.70. The van der Waals surface area contributed by atoms with Gasteiger partial charge in [0, 0.05) is 42.2 Å². The first kappa shape index (κ1) is 42.5. The summed E-state index contributed by atoms with van der Waals surface area (Å²) in [6.45, 7) is 0. The molecule has 0 bridgehead atoms. The van der Waals surface area contributed by atoms with Gasteiger partial charge in [-0.3, -0.25) is 0 Å². The van der Waals surface area contributed by atoms with E-state index in [0.717, 1.165) is 101 Å². The summed E-state index contributed by atoms with van der Waals surface area (Å²) in [5.41, 5.74) is 20.3. The number of hydrogen-bond acceptors (Lipinski definition) is 10. The molecule has 10 heteroatoms. The van der Waals surface area contributed by atoms with E-state index in [9.17, 15) is 0 Å². The molecule has 0 N–H and O–H groups in total. The second-order valence-corrected chi connectivity index (χ2v) is 18.9. The van der Waals surface area contributed by atoms with Crippen LogP contribution in [0.3, 0.4) is 0 Å². The van der Waals surface area contributed by atoms with E-state index in [0.29, 0.717) is 45.5 Å². The van der Waals surface area contributed by atoms with Gasteiger partial charge in [0.25, 0.3) is 0 Å². The molecule has 10 nitrogen and oxygen atoms in total. The Hall–Kier alpha value is -10.2. The average molecular weight is 970 g/mol. The lowest BCUT2D eigenvalue weighted by atomic mass is 9.83. The molecule has 0 spiro atoms. The number of aromatic nitrogens is 3. The lowest BCUT2D eigenvalue weighted by Gasteiger charge is -2.38. The summed E-state index contributed by atoms with van der Waals surface area (Å²) < 4.78 is 20.6. The molecular weight excluding hydrogens is 927 g/mol. The summed E-state index contributed by atoms with van der Waals surface area (Å²) in [6, 6.07) is 77.4. The van der Waals surface area contributed by atoms with Crippen molar-refractivity contribution in [3.05, 3.63) is 224 Å². The fraction of sp³-hybridized carbons (Fsp3) is 0.0308. The normalized spacial score (nSPS) is 12.8. The van der Waals surface area contributed by atoms with Crippen LogP contribution >= 0.6 is 0 Å². The Labute approximate surface area is 431 Å². The molecule has 5 heterocycles. The van der Waals surface area contributed by atoms with Crippen molar-refractivity contribution < 1.29 is 13.3 Å². The number of nitrogens with zero attached hydrogens (tertiary/aromatic N) is 7. The van der Waals surface area contributed by atoms with Gasteiger partial charge in [-0.1, -0.05) is 109 Å². The fourth-order valence-electron chi connectivity index (χ4n) is 11.2. The molecule has 0 unspecified atom stereocenters. The Bertz CT molecular complexity index is 4220. The minimum atomic E-state index is 0.399. The predicted molar refractivity (Wildman–Crippen MR) is 302 cm³/mol. The summed E-state index contributed by atoms with van der Waals surface area (Å²) >= 11 is 0. The van der Waals surface area contributed by atoms with E-state index in [1.807, 2.05) is 72.8 Å². The monoisotopic (exact) mass is 969 g/mol. The minimum Gasteiger partial charge on any atom is -0.436 e. The topological polar surface area (TPSA) is 91.0 Å². The van der Waals surface area contributed by atoms with Crippen LogP contribution in [-0.2, 0) is 0 Å². The van der Waals surface area contributed by atoms with Crippen LogP contribution in [0.15, 0.2) is 238 Å². The Morgan fingerprint density at radius 2 is 0.627 bits per heavy atom. The molecule has 13 aromatic rings. The number of benzene rings is 10. The molecule has 15 rings (SSSR count). The number of oxazole rings is 3. The molecule has 10 aromatic carbocycles. The van der Waals surface area contributed by atoms with Crippen molar-refractivity contribution in [1.29, 1.82) is 0 Å². The van der Waals surface area contributed by atoms with Gasteiger partial charge < -0.3 is 32.9 Å². The third-order valence-electron chi connectivity index (χ3n) is 14.6. The van der Waals surface area contributed by atoms with Gasteiger partial charge in [-0.2, -0.15) is 0 Å². The smallest absolute Gasteiger partial charge is 0.228 e. The fourth-order valence-corrected chi connectivity index (χ4v) is 11.2. The van der Waals surface area contributed by atoms with Gasteiger partial charge in [0.05, 0.1) is 56.6 Å². The number of hydrogen-bond donors (Lipinski definition) is 0. The van der Waals surface area contributed by atoms with E-state index in [4.69, 9.17) is 28.2 Å². The summed E-state index contributed by atoms with van der Waals surface area (Å²) in [7, 11) is 4.26. The van der Waals surface area contributed by atoms with Crippen molar-refractivity contribution in [3.63, 3.8) is 0 Å². The zero-order chi connectivity index (χ0) is 49.7. The Balaban J connectivity index is 1.08. The van der Waals surface area contributed by atoms with E-state index in [1.54, 1.807) is 0 Å². The van der Waals surface area contributed by atoms with Gasteiger partial charge in [0.15, 0.2) is 16.7 Å². The third-order valence-corrected chi connectivity index (χ3v) is 14.6. The zero-order valence-electron chi connectivity index (χ0n) is 40.7. The average Bonchev–Trinajstić information content (AvgIpc) is 4.23. The second kappa shape index (κ2) is 16.7. The number of anilines is 10. The first-order valence-corrected chi connectivity index (χ1v) is 25.0. The summed E-state index contributed by atoms with van der Waals surface area (Å²) in [5, 5.41) is 0. The largest absolute Gasteiger partial charge is 0.436 e.